The van der Waals surface area contributed by atoms with E-state index in [9.17, 15) is 0 Å². The molecule has 0 atom stereocenters. The predicted molar refractivity (Wildman–Crippen MR) is 286 cm³/mol. The molecular formula is C65H42N2O. The molecule has 0 radical (unpaired) electrons. The first kappa shape index (κ1) is 39.3. The van der Waals surface area contributed by atoms with E-state index in [0.29, 0.717) is 5.89 Å². The second kappa shape index (κ2) is 16.4. The summed E-state index contributed by atoms with van der Waals surface area (Å²) < 4.78 is 6.51. The molecule has 3 heteroatoms. The Labute approximate surface area is 394 Å². The fraction of sp³-hybridized carbons (Fsp3) is 0. The molecule has 0 aliphatic carbocycles. The van der Waals surface area contributed by atoms with Crippen LogP contribution >= 0.6 is 0 Å². The molecule has 0 amide bonds. The summed E-state index contributed by atoms with van der Waals surface area (Å²) in [4.78, 5) is 7.62. The number of para-hydroxylation sites is 1. The molecule has 13 aromatic rings. The number of nitrogens with zero attached hydrogens (tertiary/aromatic N) is 2. The highest BCUT2D eigenvalue weighted by atomic mass is 16.3. The third-order valence-corrected chi connectivity index (χ3v) is 13.5. The fourth-order valence-corrected chi connectivity index (χ4v) is 10.2. The number of hydrogen-bond donors (Lipinski definition) is 0. The number of fused-ring (bicyclic) bond motifs is 6. The van der Waals surface area contributed by atoms with Crippen LogP contribution in [0.15, 0.2) is 259 Å². The van der Waals surface area contributed by atoms with E-state index in [4.69, 9.17) is 9.40 Å². The van der Waals surface area contributed by atoms with Crippen molar-refractivity contribution in [2.24, 2.45) is 0 Å². The highest BCUT2D eigenvalue weighted by Crippen LogP contribution is 2.47. The monoisotopic (exact) mass is 866 g/mol. The minimum atomic E-state index is 0.616. The molecule has 0 aliphatic heterocycles. The number of hydrogen-bond acceptors (Lipinski definition) is 3. The van der Waals surface area contributed by atoms with E-state index in [1.165, 1.54) is 49.2 Å². The van der Waals surface area contributed by atoms with Crippen molar-refractivity contribution in [3.63, 3.8) is 0 Å². The Bertz CT molecular complexity index is 4030. The van der Waals surface area contributed by atoms with Crippen LogP contribution in [0.3, 0.4) is 0 Å². The zero-order chi connectivity index (χ0) is 45.0. The fourth-order valence-electron chi connectivity index (χ4n) is 10.2. The van der Waals surface area contributed by atoms with E-state index < -0.39 is 0 Å². The highest BCUT2D eigenvalue weighted by Gasteiger charge is 2.22. The van der Waals surface area contributed by atoms with Crippen molar-refractivity contribution in [3.05, 3.63) is 255 Å². The number of aromatic nitrogens is 1. The van der Waals surface area contributed by atoms with Gasteiger partial charge in [-0.25, -0.2) is 4.98 Å². The summed E-state index contributed by atoms with van der Waals surface area (Å²) in [5.41, 5.74) is 15.0. The minimum absolute atomic E-state index is 0.616. The van der Waals surface area contributed by atoms with Crippen LogP contribution in [0, 0.1) is 0 Å². The van der Waals surface area contributed by atoms with E-state index in [2.05, 4.69) is 254 Å². The first-order chi connectivity index (χ1) is 33.7. The largest absolute Gasteiger partial charge is 0.436 e. The van der Waals surface area contributed by atoms with Gasteiger partial charge in [-0.2, -0.15) is 0 Å². The van der Waals surface area contributed by atoms with Gasteiger partial charge in [0.15, 0.2) is 5.58 Å². The molecule has 0 saturated heterocycles. The lowest BCUT2D eigenvalue weighted by Crippen LogP contribution is -2.11. The Hall–Kier alpha value is -9.05. The van der Waals surface area contributed by atoms with Gasteiger partial charge in [0.1, 0.15) is 5.52 Å². The smallest absolute Gasteiger partial charge is 0.227 e. The van der Waals surface area contributed by atoms with Gasteiger partial charge < -0.3 is 9.32 Å². The maximum Gasteiger partial charge on any atom is 0.227 e. The number of oxazole rings is 1. The van der Waals surface area contributed by atoms with E-state index in [0.717, 1.165) is 72.1 Å². The molecule has 0 aliphatic rings. The number of benzene rings is 12. The Balaban J connectivity index is 0.988. The lowest BCUT2D eigenvalue weighted by molar-refractivity contribution is 0.620. The van der Waals surface area contributed by atoms with Gasteiger partial charge in [-0.3, -0.25) is 0 Å². The molecule has 0 unspecified atom stereocenters. The van der Waals surface area contributed by atoms with Gasteiger partial charge in [0.2, 0.25) is 5.89 Å². The summed E-state index contributed by atoms with van der Waals surface area (Å²) >= 11 is 0. The van der Waals surface area contributed by atoms with E-state index in [1.807, 2.05) is 6.07 Å². The van der Waals surface area contributed by atoms with Gasteiger partial charge >= 0.3 is 0 Å². The highest BCUT2D eigenvalue weighted by molar-refractivity contribution is 6.12. The van der Waals surface area contributed by atoms with Crippen LogP contribution in [0.1, 0.15) is 0 Å². The van der Waals surface area contributed by atoms with Crippen molar-refractivity contribution >= 4 is 71.3 Å². The van der Waals surface area contributed by atoms with E-state index in [-0.39, 0.29) is 0 Å². The van der Waals surface area contributed by atoms with Crippen LogP contribution in [-0.2, 0) is 0 Å². The van der Waals surface area contributed by atoms with Gasteiger partial charge in [0, 0.05) is 27.9 Å². The quantitative estimate of drug-likeness (QED) is 0.152. The summed E-state index contributed by atoms with van der Waals surface area (Å²) in [6.07, 6.45) is 0. The van der Waals surface area contributed by atoms with Crippen molar-refractivity contribution < 1.29 is 4.42 Å². The minimum Gasteiger partial charge on any atom is -0.436 e. The molecule has 3 nitrogen and oxygen atoms in total. The van der Waals surface area contributed by atoms with Crippen LogP contribution in [0.5, 0.6) is 0 Å². The molecule has 0 fully saturated rings. The molecule has 13 rings (SSSR count). The van der Waals surface area contributed by atoms with Gasteiger partial charge in [0.25, 0.3) is 0 Å². The molecule has 12 aromatic carbocycles. The molecule has 318 valence electrons. The van der Waals surface area contributed by atoms with Crippen molar-refractivity contribution in [1.82, 2.24) is 4.98 Å². The van der Waals surface area contributed by atoms with Gasteiger partial charge in [-0.05, 0) is 125 Å². The molecule has 68 heavy (non-hydrogen) atoms. The Morgan fingerprint density at radius 2 is 0.853 bits per heavy atom. The molecular weight excluding hydrogens is 825 g/mol. The van der Waals surface area contributed by atoms with Gasteiger partial charge in [-0.1, -0.05) is 206 Å². The third kappa shape index (κ3) is 6.80. The zero-order valence-corrected chi connectivity index (χ0v) is 37.1. The van der Waals surface area contributed by atoms with E-state index >= 15 is 0 Å². The lowest BCUT2D eigenvalue weighted by atomic mass is 9.90. The van der Waals surface area contributed by atoms with Crippen molar-refractivity contribution in [1.29, 1.82) is 0 Å². The molecule has 0 N–H and O–H groups in total. The normalized spacial score (nSPS) is 11.5. The van der Waals surface area contributed by atoms with Crippen LogP contribution in [-0.4, -0.2) is 4.98 Å². The standard InChI is InChI=1S/C65H42N2O/c1-2-16-46(17-3-1)60-42-52(38-39-58(60)56-28-12-21-44-18-6-8-24-53(44)56)67(61-30-11-10-26-59(61)57-29-13-22-45-19-7-9-25-54(45)57)51-36-33-47(34-37-51)55-27-14-23-48-35-40-62-64(63(48)55)66-65(68-62)50-32-31-43-15-4-5-20-49(43)41-50/h1-42H. The van der Waals surface area contributed by atoms with Crippen molar-refractivity contribution in [2.75, 3.05) is 4.90 Å². The second-order valence-corrected chi connectivity index (χ2v) is 17.4. The predicted octanol–water partition coefficient (Wildman–Crippen LogP) is 18.2. The molecule has 0 bridgehead atoms. The SMILES string of the molecule is c1ccc(-c2cc(N(c3ccc(-c4cccc5ccc6oc(-c7ccc8ccccc8c7)nc6c45)cc3)c3ccccc3-c3cccc4ccccc34)ccc2-c2cccc3ccccc23)cc1. The zero-order valence-electron chi connectivity index (χ0n) is 37.1. The summed E-state index contributed by atoms with van der Waals surface area (Å²) in [6, 6.07) is 91.6. The maximum absolute atomic E-state index is 6.51. The average molecular weight is 867 g/mol. The summed E-state index contributed by atoms with van der Waals surface area (Å²) in [7, 11) is 0. The first-order valence-corrected chi connectivity index (χ1v) is 23.2. The number of anilines is 3. The summed E-state index contributed by atoms with van der Waals surface area (Å²) in [6.45, 7) is 0. The summed E-state index contributed by atoms with van der Waals surface area (Å²) in [5, 5.41) is 9.41. The molecule has 1 aromatic heterocycles. The third-order valence-electron chi connectivity index (χ3n) is 13.5. The van der Waals surface area contributed by atoms with Crippen molar-refractivity contribution in [3.8, 4) is 56.0 Å². The van der Waals surface area contributed by atoms with Gasteiger partial charge in [-0.15, -0.1) is 0 Å². The maximum atomic E-state index is 6.51. The van der Waals surface area contributed by atoms with Gasteiger partial charge in [0.05, 0.1) is 5.69 Å². The molecule has 1 heterocycles. The van der Waals surface area contributed by atoms with Crippen LogP contribution < -0.4 is 4.90 Å². The summed E-state index contributed by atoms with van der Waals surface area (Å²) in [5.74, 6) is 0.616. The molecule has 0 spiro atoms. The lowest BCUT2D eigenvalue weighted by Gasteiger charge is -2.29. The second-order valence-electron chi connectivity index (χ2n) is 17.4. The Kier molecular flexibility index (Phi) is 9.50. The van der Waals surface area contributed by atoms with E-state index in [1.54, 1.807) is 0 Å². The number of rotatable bonds is 8. The van der Waals surface area contributed by atoms with Crippen LogP contribution in [0.2, 0.25) is 0 Å². The van der Waals surface area contributed by atoms with Crippen LogP contribution in [0.25, 0.3) is 110 Å². The molecule has 0 saturated carbocycles. The topological polar surface area (TPSA) is 29.3 Å². The first-order valence-electron chi connectivity index (χ1n) is 23.2. The average Bonchev–Trinajstić information content (AvgIpc) is 3.86. The Morgan fingerprint density at radius 1 is 0.309 bits per heavy atom. The van der Waals surface area contributed by atoms with Crippen molar-refractivity contribution in [2.45, 2.75) is 0 Å². The Morgan fingerprint density at radius 3 is 1.62 bits per heavy atom. The van der Waals surface area contributed by atoms with Crippen LogP contribution in [0.4, 0.5) is 17.1 Å².